The van der Waals surface area contributed by atoms with Gasteiger partial charge in [-0.2, -0.15) is 0 Å². The molecule has 0 saturated heterocycles. The van der Waals surface area contributed by atoms with Crippen LogP contribution in [0.15, 0.2) is 65.1 Å². The van der Waals surface area contributed by atoms with Gasteiger partial charge in [-0.05, 0) is 37.3 Å². The molecule has 0 saturated carbocycles. The summed E-state index contributed by atoms with van der Waals surface area (Å²) in [5, 5.41) is 13.4. The number of ether oxygens (including phenoxy) is 1. The van der Waals surface area contributed by atoms with Crippen LogP contribution in [0.3, 0.4) is 0 Å². The van der Waals surface area contributed by atoms with E-state index < -0.39 is 28.7 Å². The molecule has 0 aliphatic heterocycles. The van der Waals surface area contributed by atoms with Crippen LogP contribution >= 0.6 is 0 Å². The van der Waals surface area contributed by atoms with Crippen LogP contribution in [0.1, 0.15) is 19.1 Å². The number of nitrogens with zero attached hydrogens (tertiary/aromatic N) is 1. The van der Waals surface area contributed by atoms with Crippen molar-refractivity contribution in [2.45, 2.75) is 25.9 Å². The molecule has 1 atom stereocenters. The lowest BCUT2D eigenvalue weighted by atomic mass is 10.1. The van der Waals surface area contributed by atoms with Gasteiger partial charge in [-0.3, -0.25) is 19.7 Å². The minimum Gasteiger partial charge on any atom is -0.461 e. The smallest absolute Gasteiger partial charge is 0.307 e. The lowest BCUT2D eigenvalue weighted by molar-refractivity contribution is -0.383. The van der Waals surface area contributed by atoms with Crippen LogP contribution in [0, 0.1) is 15.9 Å². The second kappa shape index (κ2) is 9.66. The van der Waals surface area contributed by atoms with E-state index in [1.54, 1.807) is 30.3 Å². The first-order valence-electron chi connectivity index (χ1n) is 9.42. The fourth-order valence-electron chi connectivity index (χ4n) is 2.83. The van der Waals surface area contributed by atoms with Gasteiger partial charge in [0.15, 0.2) is 6.10 Å². The minimum atomic E-state index is -1.15. The number of halogens is 1. The summed E-state index contributed by atoms with van der Waals surface area (Å²) in [6.45, 7) is 1.37. The molecule has 0 aliphatic rings. The molecule has 3 aromatic rings. The molecule has 0 fully saturated rings. The number of esters is 1. The lowest BCUT2D eigenvalue weighted by Crippen LogP contribution is -2.30. The average Bonchev–Trinajstić information content (AvgIpc) is 3.21. The number of nitro groups is 1. The van der Waals surface area contributed by atoms with Gasteiger partial charge in [0.1, 0.15) is 23.0 Å². The Morgan fingerprint density at radius 1 is 1.13 bits per heavy atom. The van der Waals surface area contributed by atoms with Crippen LogP contribution in [-0.2, 0) is 20.7 Å². The predicted octanol–water partition coefficient (Wildman–Crippen LogP) is 4.50. The number of nitro benzene ring substituents is 1. The molecule has 8 nitrogen and oxygen atoms in total. The molecule has 0 spiro atoms. The quantitative estimate of drug-likeness (QED) is 0.323. The van der Waals surface area contributed by atoms with Gasteiger partial charge in [-0.15, -0.1) is 0 Å². The summed E-state index contributed by atoms with van der Waals surface area (Å²) in [7, 11) is 0. The SMILES string of the molecule is CC(OC(=O)CCc1ccc(-c2ccccc2F)o1)C(=O)Nc1ccccc1[N+](=O)[O-]. The van der Waals surface area contributed by atoms with Gasteiger partial charge in [0.25, 0.3) is 11.6 Å². The maximum atomic E-state index is 13.8. The zero-order valence-electron chi connectivity index (χ0n) is 16.5. The van der Waals surface area contributed by atoms with Gasteiger partial charge >= 0.3 is 5.97 Å². The van der Waals surface area contributed by atoms with Crippen molar-refractivity contribution in [2.24, 2.45) is 0 Å². The van der Waals surface area contributed by atoms with E-state index in [0.29, 0.717) is 17.1 Å². The van der Waals surface area contributed by atoms with E-state index >= 15 is 0 Å². The average molecular weight is 426 g/mol. The highest BCUT2D eigenvalue weighted by atomic mass is 19.1. The molecule has 1 unspecified atom stereocenters. The topological polar surface area (TPSA) is 112 Å². The fourth-order valence-corrected chi connectivity index (χ4v) is 2.83. The number of benzene rings is 2. The molecule has 160 valence electrons. The second-order valence-electron chi connectivity index (χ2n) is 6.64. The molecule has 1 N–H and O–H groups in total. The van der Waals surface area contributed by atoms with Crippen molar-refractivity contribution in [1.29, 1.82) is 0 Å². The van der Waals surface area contributed by atoms with E-state index in [0.717, 1.165) is 0 Å². The van der Waals surface area contributed by atoms with E-state index in [2.05, 4.69) is 5.32 Å². The standard InChI is InChI=1S/C22H19FN2O6/c1-14(22(27)24-18-8-4-5-9-19(18)25(28)29)30-21(26)13-11-15-10-12-20(31-15)16-6-2-3-7-17(16)23/h2-10,12,14H,11,13H2,1H3,(H,24,27). The summed E-state index contributed by atoms with van der Waals surface area (Å²) in [5.74, 6) is -0.941. The third-order valence-electron chi connectivity index (χ3n) is 4.41. The Morgan fingerprint density at radius 3 is 2.58 bits per heavy atom. The highest BCUT2D eigenvalue weighted by Crippen LogP contribution is 2.26. The Bertz CT molecular complexity index is 1110. The summed E-state index contributed by atoms with van der Waals surface area (Å²) < 4.78 is 24.5. The van der Waals surface area contributed by atoms with Crippen molar-refractivity contribution in [2.75, 3.05) is 5.32 Å². The monoisotopic (exact) mass is 426 g/mol. The number of carbonyl (C=O) groups is 2. The third-order valence-corrected chi connectivity index (χ3v) is 4.41. The Hall–Kier alpha value is -4.01. The molecule has 1 heterocycles. The van der Waals surface area contributed by atoms with E-state index in [4.69, 9.17) is 9.15 Å². The summed E-state index contributed by atoms with van der Waals surface area (Å²) >= 11 is 0. The number of hydrogen-bond donors (Lipinski definition) is 1. The molecule has 9 heteroatoms. The maximum Gasteiger partial charge on any atom is 0.307 e. The normalized spacial score (nSPS) is 11.5. The Kier molecular flexibility index (Phi) is 6.76. The van der Waals surface area contributed by atoms with Gasteiger partial charge in [-0.1, -0.05) is 24.3 Å². The first-order chi connectivity index (χ1) is 14.8. The number of furan rings is 1. The number of aryl methyl sites for hydroxylation is 1. The van der Waals surface area contributed by atoms with E-state index in [-0.39, 0.29) is 24.2 Å². The molecule has 1 amide bonds. The summed E-state index contributed by atoms with van der Waals surface area (Å²) in [4.78, 5) is 34.7. The lowest BCUT2D eigenvalue weighted by Gasteiger charge is -2.13. The minimum absolute atomic E-state index is 0.0108. The molecule has 2 aromatic carbocycles. The molecule has 0 radical (unpaired) electrons. The fraction of sp³-hybridized carbons (Fsp3) is 0.182. The number of amides is 1. The molecule has 0 aliphatic carbocycles. The Labute approximate surface area is 176 Å². The van der Waals surface area contributed by atoms with Crippen LogP contribution in [0.5, 0.6) is 0 Å². The van der Waals surface area contributed by atoms with Crippen molar-refractivity contribution >= 4 is 23.3 Å². The van der Waals surface area contributed by atoms with Gasteiger partial charge in [0.05, 0.1) is 16.9 Å². The maximum absolute atomic E-state index is 13.8. The van der Waals surface area contributed by atoms with Crippen LogP contribution in [0.4, 0.5) is 15.8 Å². The molecular weight excluding hydrogens is 407 g/mol. The first kappa shape index (κ1) is 21.7. The molecule has 3 rings (SSSR count). The number of para-hydroxylation sites is 2. The number of anilines is 1. The third kappa shape index (κ3) is 5.53. The van der Waals surface area contributed by atoms with Crippen LogP contribution < -0.4 is 5.32 Å². The summed E-state index contributed by atoms with van der Waals surface area (Å²) in [6.07, 6.45) is -1.02. The zero-order chi connectivity index (χ0) is 22.4. The molecule has 0 bridgehead atoms. The summed E-state index contributed by atoms with van der Waals surface area (Å²) in [6, 6.07) is 15.1. The van der Waals surface area contributed by atoms with Crippen molar-refractivity contribution in [3.8, 4) is 11.3 Å². The Balaban J connectivity index is 1.52. The van der Waals surface area contributed by atoms with E-state index in [9.17, 15) is 24.1 Å². The number of hydrogen-bond acceptors (Lipinski definition) is 6. The van der Waals surface area contributed by atoms with Crippen molar-refractivity contribution in [1.82, 2.24) is 0 Å². The molecule has 1 aromatic heterocycles. The number of carbonyl (C=O) groups excluding carboxylic acids is 2. The number of rotatable bonds is 8. The van der Waals surface area contributed by atoms with E-state index in [1.165, 1.54) is 37.3 Å². The van der Waals surface area contributed by atoms with Gasteiger partial charge in [-0.25, -0.2) is 4.39 Å². The molecule has 31 heavy (non-hydrogen) atoms. The Morgan fingerprint density at radius 2 is 1.84 bits per heavy atom. The second-order valence-corrected chi connectivity index (χ2v) is 6.64. The van der Waals surface area contributed by atoms with Crippen molar-refractivity contribution < 1.29 is 28.1 Å². The van der Waals surface area contributed by atoms with Crippen LogP contribution in [0.25, 0.3) is 11.3 Å². The highest BCUT2D eigenvalue weighted by Gasteiger charge is 2.21. The van der Waals surface area contributed by atoms with Gasteiger partial charge < -0.3 is 14.5 Å². The van der Waals surface area contributed by atoms with Crippen molar-refractivity contribution in [3.05, 3.63) is 82.4 Å². The van der Waals surface area contributed by atoms with Crippen molar-refractivity contribution in [3.63, 3.8) is 0 Å². The largest absolute Gasteiger partial charge is 0.461 e. The van der Waals surface area contributed by atoms with E-state index in [1.807, 2.05) is 0 Å². The van der Waals surface area contributed by atoms with Crippen LogP contribution in [0.2, 0.25) is 0 Å². The van der Waals surface area contributed by atoms with Gasteiger partial charge in [0, 0.05) is 12.5 Å². The summed E-state index contributed by atoms with van der Waals surface area (Å²) in [5.41, 5.74) is 0.0612. The number of nitrogens with one attached hydrogen (secondary N) is 1. The predicted molar refractivity (Wildman–Crippen MR) is 110 cm³/mol. The molecular formula is C22H19FN2O6. The van der Waals surface area contributed by atoms with Gasteiger partial charge in [0.2, 0.25) is 0 Å². The first-order valence-corrected chi connectivity index (χ1v) is 9.42. The van der Waals surface area contributed by atoms with Crippen LogP contribution in [-0.4, -0.2) is 22.9 Å². The highest BCUT2D eigenvalue weighted by molar-refractivity contribution is 5.96. The zero-order valence-corrected chi connectivity index (χ0v) is 16.5.